The molecule has 2 heterocycles. The summed E-state index contributed by atoms with van der Waals surface area (Å²) < 4.78 is 43.0. The van der Waals surface area contributed by atoms with Crippen molar-refractivity contribution in [2.45, 2.75) is 0 Å². The fourth-order valence-corrected chi connectivity index (χ4v) is 3.34. The Labute approximate surface area is 193 Å². The third-order valence-corrected chi connectivity index (χ3v) is 4.95. The van der Waals surface area contributed by atoms with Crippen LogP contribution in [0.3, 0.4) is 0 Å². The molecule has 2 aromatic carbocycles. The standard InChI is InChI=1S/C10H7O4.C8H6O7S.Na/c11-9-7-1-2-8(4-3-7)10(12)14-6-5-13-9;9-7(10)5-2-1-3-6(4-5)8(11)15-16(12,13)14;/h1-3H,5-6H2;1-4H,(H,9,10)(H,12,13,14);. The number of esters is 2. The van der Waals surface area contributed by atoms with Crippen LogP contribution in [0.1, 0.15) is 41.4 Å². The van der Waals surface area contributed by atoms with Crippen LogP contribution in [0.5, 0.6) is 0 Å². The quantitative estimate of drug-likeness (QED) is 0.363. The van der Waals surface area contributed by atoms with Crippen LogP contribution < -0.4 is 2.81 Å². The molecule has 0 aliphatic carbocycles. The maximum atomic E-state index is 11.5. The third kappa shape index (κ3) is 7.45. The molecule has 0 atom stereocenters. The molecule has 2 N–H and O–H groups in total. The molecule has 0 amide bonds. The molecule has 11 nitrogen and oxygen atoms in total. The number of carbonyl (C=O) groups is 4. The van der Waals surface area contributed by atoms with Crippen LogP contribution in [0.15, 0.2) is 42.5 Å². The Balaban J connectivity index is 0.000000220. The molecule has 0 spiro atoms. The minimum atomic E-state index is -4.90. The predicted octanol–water partition coefficient (Wildman–Crippen LogP) is 0.152. The van der Waals surface area contributed by atoms with Crippen LogP contribution in [0, 0.1) is 0 Å². The van der Waals surface area contributed by atoms with Crippen LogP contribution in [0.2, 0.25) is 0 Å². The number of fused-ring (bicyclic) bond motifs is 7. The Morgan fingerprint density at radius 2 is 1.58 bits per heavy atom. The molecule has 31 heavy (non-hydrogen) atoms. The average molecular weight is 460 g/mol. The van der Waals surface area contributed by atoms with Crippen molar-refractivity contribution in [1.29, 1.82) is 0 Å². The van der Waals surface area contributed by atoms with E-state index in [2.05, 4.69) is 4.18 Å². The first-order valence-corrected chi connectivity index (χ1v) is 10.8. The second-order valence-electron chi connectivity index (χ2n) is 5.99. The summed E-state index contributed by atoms with van der Waals surface area (Å²) in [5.41, 5.74) is 0.556. The molecule has 0 saturated carbocycles. The fraction of sp³-hybridized carbons (Fsp3) is 0.111. The number of aromatic carboxylic acids is 1. The zero-order valence-electron chi connectivity index (χ0n) is 15.9. The predicted molar refractivity (Wildman–Crippen MR) is 103 cm³/mol. The molecule has 0 unspecified atom stereocenters. The van der Waals surface area contributed by atoms with Gasteiger partial charge in [0.15, 0.2) is 0 Å². The topological polar surface area (TPSA) is 171 Å². The molecule has 2 aromatic rings. The molecule has 0 fully saturated rings. The van der Waals surface area contributed by atoms with E-state index < -0.39 is 22.3 Å². The molecule has 0 aromatic heterocycles. The van der Waals surface area contributed by atoms with Crippen LogP contribution in [-0.2, 0) is 24.1 Å². The number of carboxylic acid groups (broad SMARTS) is 1. The Morgan fingerprint density at radius 1 is 0.968 bits per heavy atom. The molecule has 2 aliphatic heterocycles. The normalized spacial score (nSPS) is 13.3. The average Bonchev–Trinajstić information content (AvgIpc) is 2.69. The summed E-state index contributed by atoms with van der Waals surface area (Å²) in [7, 11) is -4.90. The molecular formula is C18H13NaO11S. The SMILES string of the molecule is O=C(O)c1cccc(C(=O)OS(=O)(=O)O)c1.O=C1OCCOC(=O)c2ccc1c[c]2[Na]. The summed E-state index contributed by atoms with van der Waals surface area (Å²) in [6.07, 6.45) is 0. The van der Waals surface area contributed by atoms with Crippen LogP contribution in [-0.4, -0.2) is 83.1 Å². The van der Waals surface area contributed by atoms with Crippen molar-refractivity contribution in [2.24, 2.45) is 0 Å². The van der Waals surface area contributed by atoms with Crippen molar-refractivity contribution < 1.29 is 50.9 Å². The molecule has 0 radical (unpaired) electrons. The van der Waals surface area contributed by atoms with Gasteiger partial charge in [-0.15, -0.1) is 0 Å². The van der Waals surface area contributed by atoms with E-state index >= 15 is 0 Å². The molecule has 13 heteroatoms. The van der Waals surface area contributed by atoms with Gasteiger partial charge in [0.1, 0.15) is 0 Å². The van der Waals surface area contributed by atoms with Crippen molar-refractivity contribution in [1.82, 2.24) is 0 Å². The third-order valence-electron chi connectivity index (χ3n) is 3.76. The Bertz CT molecular complexity index is 1140. The van der Waals surface area contributed by atoms with E-state index in [9.17, 15) is 27.6 Å². The van der Waals surface area contributed by atoms with Gasteiger partial charge in [0, 0.05) is 0 Å². The van der Waals surface area contributed by atoms with Crippen LogP contribution in [0.4, 0.5) is 0 Å². The summed E-state index contributed by atoms with van der Waals surface area (Å²) in [6.45, 7) is 0.226. The zero-order chi connectivity index (χ0) is 23.2. The zero-order valence-corrected chi connectivity index (χ0v) is 18.7. The fourth-order valence-electron chi connectivity index (χ4n) is 2.37. The first-order valence-electron chi connectivity index (χ1n) is 8.47. The second-order valence-corrected chi connectivity index (χ2v) is 8.09. The van der Waals surface area contributed by atoms with E-state index in [1.807, 2.05) is 0 Å². The molecular weight excluding hydrogens is 447 g/mol. The van der Waals surface area contributed by atoms with Gasteiger partial charge in [-0.1, -0.05) is 6.07 Å². The Morgan fingerprint density at radius 3 is 2.16 bits per heavy atom. The molecule has 2 aliphatic rings. The summed E-state index contributed by atoms with van der Waals surface area (Å²) in [6, 6.07) is 9.43. The van der Waals surface area contributed by atoms with Gasteiger partial charge in [-0.2, -0.15) is 8.42 Å². The summed E-state index contributed by atoms with van der Waals surface area (Å²) in [5, 5.41) is 8.60. The number of benzene rings is 2. The van der Waals surface area contributed by atoms with E-state index in [4.69, 9.17) is 19.1 Å². The molecule has 158 valence electrons. The summed E-state index contributed by atoms with van der Waals surface area (Å²) in [4.78, 5) is 44.5. The molecule has 0 saturated heterocycles. The first kappa shape index (κ1) is 24.5. The molecule has 4 rings (SSSR count). The van der Waals surface area contributed by atoms with Crippen molar-refractivity contribution in [3.05, 3.63) is 64.7 Å². The molecule has 2 bridgehead atoms. The number of carbonyl (C=O) groups excluding carboxylic acids is 3. The summed E-state index contributed by atoms with van der Waals surface area (Å²) in [5.74, 6) is -3.34. The number of rotatable bonds is 3. The number of carboxylic acids is 1. The van der Waals surface area contributed by atoms with Crippen molar-refractivity contribution in [2.75, 3.05) is 13.2 Å². The van der Waals surface area contributed by atoms with Crippen molar-refractivity contribution in [3.8, 4) is 0 Å². The van der Waals surface area contributed by atoms with E-state index in [0.29, 0.717) is 39.1 Å². The van der Waals surface area contributed by atoms with Gasteiger partial charge >= 0.3 is 127 Å². The van der Waals surface area contributed by atoms with Gasteiger partial charge in [0.25, 0.3) is 0 Å². The Hall–Kier alpha value is -2.77. The van der Waals surface area contributed by atoms with Gasteiger partial charge in [-0.25, -0.2) is 9.59 Å². The van der Waals surface area contributed by atoms with Crippen LogP contribution in [0.25, 0.3) is 0 Å². The van der Waals surface area contributed by atoms with Gasteiger partial charge in [-0.3, -0.25) is 4.55 Å². The first-order chi connectivity index (χ1) is 14.5. The van der Waals surface area contributed by atoms with Gasteiger partial charge in [0.05, 0.1) is 11.1 Å². The number of hydrogen-bond acceptors (Lipinski definition) is 9. The van der Waals surface area contributed by atoms with E-state index in [0.717, 1.165) is 14.9 Å². The number of ether oxygens (including phenoxy) is 2. The minimum absolute atomic E-state index is 0.111. The van der Waals surface area contributed by atoms with E-state index in [1.165, 1.54) is 12.1 Å². The second kappa shape index (κ2) is 10.5. The summed E-state index contributed by atoms with van der Waals surface area (Å²) >= 11 is 0.690. The van der Waals surface area contributed by atoms with Crippen LogP contribution >= 0.6 is 0 Å². The van der Waals surface area contributed by atoms with Crippen molar-refractivity contribution >= 4 is 65.0 Å². The number of hydrogen-bond donors (Lipinski definition) is 2. The monoisotopic (exact) mass is 460 g/mol. The maximum absolute atomic E-state index is 11.5. The van der Waals surface area contributed by atoms with Gasteiger partial charge in [-0.05, 0) is 18.2 Å². The van der Waals surface area contributed by atoms with Crippen molar-refractivity contribution in [3.63, 3.8) is 0 Å². The van der Waals surface area contributed by atoms with E-state index in [-0.39, 0.29) is 36.3 Å². The van der Waals surface area contributed by atoms with Gasteiger partial charge in [0.2, 0.25) is 0 Å². The van der Waals surface area contributed by atoms with Gasteiger partial charge < -0.3 is 9.29 Å². The van der Waals surface area contributed by atoms with E-state index in [1.54, 1.807) is 18.2 Å². The Kier molecular flexibility index (Phi) is 8.30.